The fourth-order valence-corrected chi connectivity index (χ4v) is 3.98. The molecule has 0 aliphatic carbocycles. The highest BCUT2D eigenvalue weighted by Gasteiger charge is 2.38. The zero-order valence-electron chi connectivity index (χ0n) is 14.8. The standard InChI is InChI=1S/C19H24N2O3S.ClH/c1-23-15-4-2-14(3-5-15)17-7-6-16(25-17)12-21-18(22)19(13-20)8-10-24-11-9-19;/h2-7H,8-13,20H2,1H3,(H,21,22);1H. The number of thiophene rings is 1. The van der Waals surface area contributed by atoms with Gasteiger partial charge in [0.05, 0.1) is 19.1 Å². The van der Waals surface area contributed by atoms with Crippen LogP contribution in [0.4, 0.5) is 0 Å². The minimum atomic E-state index is -0.478. The van der Waals surface area contributed by atoms with Crippen molar-refractivity contribution < 1.29 is 14.3 Å². The second-order valence-corrected chi connectivity index (χ2v) is 7.44. The first-order valence-electron chi connectivity index (χ1n) is 8.46. The summed E-state index contributed by atoms with van der Waals surface area (Å²) >= 11 is 1.68. The number of carbonyl (C=O) groups excluding carboxylic acids is 1. The summed E-state index contributed by atoms with van der Waals surface area (Å²) in [5.74, 6) is 0.883. The van der Waals surface area contributed by atoms with E-state index in [2.05, 4.69) is 17.4 Å². The van der Waals surface area contributed by atoms with E-state index < -0.39 is 5.41 Å². The molecule has 7 heteroatoms. The summed E-state index contributed by atoms with van der Waals surface area (Å²) in [6.45, 7) is 2.10. The maximum Gasteiger partial charge on any atom is 0.227 e. The van der Waals surface area contributed by atoms with Gasteiger partial charge in [-0.15, -0.1) is 23.7 Å². The minimum absolute atomic E-state index is 0. The fourth-order valence-electron chi connectivity index (χ4n) is 3.02. The van der Waals surface area contributed by atoms with Crippen molar-refractivity contribution in [2.45, 2.75) is 19.4 Å². The lowest BCUT2D eigenvalue weighted by Crippen LogP contribution is -2.48. The van der Waals surface area contributed by atoms with Crippen molar-refractivity contribution >= 4 is 29.7 Å². The molecule has 0 radical (unpaired) electrons. The number of methoxy groups -OCH3 is 1. The highest BCUT2D eigenvalue weighted by Crippen LogP contribution is 2.31. The molecule has 1 aromatic heterocycles. The number of hydrogen-bond acceptors (Lipinski definition) is 5. The van der Waals surface area contributed by atoms with Crippen LogP contribution in [0.1, 0.15) is 17.7 Å². The van der Waals surface area contributed by atoms with Crippen molar-refractivity contribution in [2.24, 2.45) is 11.1 Å². The van der Waals surface area contributed by atoms with Gasteiger partial charge < -0.3 is 20.5 Å². The van der Waals surface area contributed by atoms with Crippen LogP contribution in [0.15, 0.2) is 36.4 Å². The number of carbonyl (C=O) groups is 1. The second-order valence-electron chi connectivity index (χ2n) is 6.27. The molecule has 1 saturated heterocycles. The molecule has 1 aliphatic heterocycles. The Bertz CT molecular complexity index is 712. The second kappa shape index (κ2) is 9.37. The predicted molar refractivity (Wildman–Crippen MR) is 107 cm³/mol. The first-order valence-corrected chi connectivity index (χ1v) is 9.28. The number of halogens is 1. The Kier molecular flexibility index (Phi) is 7.46. The molecular formula is C19H25ClN2O3S. The van der Waals surface area contributed by atoms with Gasteiger partial charge in [0.25, 0.3) is 0 Å². The number of benzene rings is 1. The highest BCUT2D eigenvalue weighted by atomic mass is 35.5. The van der Waals surface area contributed by atoms with Gasteiger partial charge in [-0.25, -0.2) is 0 Å². The Labute approximate surface area is 164 Å². The summed E-state index contributed by atoms with van der Waals surface area (Å²) in [5, 5.41) is 3.06. The van der Waals surface area contributed by atoms with Gasteiger partial charge in [-0.3, -0.25) is 4.79 Å². The molecule has 142 valence electrons. The van der Waals surface area contributed by atoms with Gasteiger partial charge in [-0.05, 0) is 54.8 Å². The van der Waals surface area contributed by atoms with Crippen LogP contribution in [0, 0.1) is 5.41 Å². The third-order valence-electron chi connectivity index (χ3n) is 4.78. The molecule has 26 heavy (non-hydrogen) atoms. The number of nitrogens with two attached hydrogens (primary N) is 1. The van der Waals surface area contributed by atoms with Gasteiger partial charge in [0, 0.05) is 29.5 Å². The molecule has 3 N–H and O–H groups in total. The van der Waals surface area contributed by atoms with E-state index in [1.807, 2.05) is 24.3 Å². The molecule has 5 nitrogen and oxygen atoms in total. The predicted octanol–water partition coefficient (Wildman–Crippen LogP) is 3.22. The molecule has 0 saturated carbocycles. The number of rotatable bonds is 6. The average molecular weight is 397 g/mol. The van der Waals surface area contributed by atoms with Crippen molar-refractivity contribution in [3.8, 4) is 16.2 Å². The van der Waals surface area contributed by atoms with Crippen LogP contribution >= 0.6 is 23.7 Å². The SMILES string of the molecule is COc1ccc(-c2ccc(CNC(=O)C3(CN)CCOCC3)s2)cc1.Cl. The molecule has 2 heterocycles. The van der Waals surface area contributed by atoms with Gasteiger partial charge in [-0.2, -0.15) is 0 Å². The Morgan fingerprint density at radius 2 is 1.92 bits per heavy atom. The lowest BCUT2D eigenvalue weighted by molar-refractivity contribution is -0.136. The van der Waals surface area contributed by atoms with Gasteiger partial charge in [0.15, 0.2) is 0 Å². The maximum absolute atomic E-state index is 12.6. The van der Waals surface area contributed by atoms with E-state index in [4.69, 9.17) is 15.2 Å². The molecule has 1 aliphatic rings. The largest absolute Gasteiger partial charge is 0.497 e. The van der Waals surface area contributed by atoms with E-state index in [0.29, 0.717) is 39.1 Å². The molecule has 1 amide bonds. The highest BCUT2D eigenvalue weighted by molar-refractivity contribution is 7.15. The fraction of sp³-hybridized carbons (Fsp3) is 0.421. The molecule has 0 atom stereocenters. The van der Waals surface area contributed by atoms with E-state index in [9.17, 15) is 4.79 Å². The molecule has 2 aromatic rings. The zero-order chi connectivity index (χ0) is 17.7. The summed E-state index contributed by atoms with van der Waals surface area (Å²) in [5.41, 5.74) is 6.55. The van der Waals surface area contributed by atoms with Gasteiger partial charge >= 0.3 is 0 Å². The smallest absolute Gasteiger partial charge is 0.227 e. The van der Waals surface area contributed by atoms with Crippen molar-refractivity contribution in [2.75, 3.05) is 26.9 Å². The molecule has 0 unspecified atom stereocenters. The number of ether oxygens (including phenoxy) is 2. The Morgan fingerprint density at radius 1 is 1.23 bits per heavy atom. The Balaban J connectivity index is 0.00000243. The van der Waals surface area contributed by atoms with Crippen molar-refractivity contribution in [3.63, 3.8) is 0 Å². The van der Waals surface area contributed by atoms with Crippen LogP contribution in [0.2, 0.25) is 0 Å². The van der Waals surface area contributed by atoms with E-state index in [1.54, 1.807) is 18.4 Å². The minimum Gasteiger partial charge on any atom is -0.497 e. The van der Waals surface area contributed by atoms with Gasteiger partial charge in [-0.1, -0.05) is 0 Å². The molecule has 1 aromatic carbocycles. The number of hydrogen-bond donors (Lipinski definition) is 2. The van der Waals surface area contributed by atoms with Crippen LogP contribution in [0.25, 0.3) is 10.4 Å². The third kappa shape index (κ3) is 4.57. The topological polar surface area (TPSA) is 73.6 Å². The van der Waals surface area contributed by atoms with Crippen LogP contribution in [0.5, 0.6) is 5.75 Å². The van der Waals surface area contributed by atoms with E-state index >= 15 is 0 Å². The summed E-state index contributed by atoms with van der Waals surface area (Å²) in [6, 6.07) is 12.1. The monoisotopic (exact) mass is 396 g/mol. The first kappa shape index (κ1) is 20.7. The number of amides is 1. The normalized spacial score (nSPS) is 15.8. The summed E-state index contributed by atoms with van der Waals surface area (Å²) in [7, 11) is 1.66. The zero-order valence-corrected chi connectivity index (χ0v) is 16.5. The Hall–Kier alpha value is -1.60. The van der Waals surface area contributed by atoms with Crippen LogP contribution in [0.3, 0.4) is 0 Å². The maximum atomic E-state index is 12.6. The molecule has 0 bridgehead atoms. The van der Waals surface area contributed by atoms with Gasteiger partial charge in [0.2, 0.25) is 5.91 Å². The van der Waals surface area contributed by atoms with E-state index in [1.165, 1.54) is 4.88 Å². The summed E-state index contributed by atoms with van der Waals surface area (Å²) in [6.07, 6.45) is 1.38. The van der Waals surface area contributed by atoms with Crippen LogP contribution in [-0.2, 0) is 16.1 Å². The van der Waals surface area contributed by atoms with Gasteiger partial charge in [0.1, 0.15) is 5.75 Å². The van der Waals surface area contributed by atoms with E-state index in [0.717, 1.165) is 16.2 Å². The lowest BCUT2D eigenvalue weighted by Gasteiger charge is -2.34. The first-order chi connectivity index (χ1) is 12.2. The summed E-state index contributed by atoms with van der Waals surface area (Å²) < 4.78 is 10.6. The average Bonchev–Trinajstić information content (AvgIpc) is 3.15. The lowest BCUT2D eigenvalue weighted by atomic mass is 9.79. The quantitative estimate of drug-likeness (QED) is 0.786. The van der Waals surface area contributed by atoms with Crippen molar-refractivity contribution in [1.29, 1.82) is 0 Å². The van der Waals surface area contributed by atoms with Crippen molar-refractivity contribution in [3.05, 3.63) is 41.3 Å². The number of nitrogens with one attached hydrogen (secondary N) is 1. The van der Waals surface area contributed by atoms with Crippen LogP contribution < -0.4 is 15.8 Å². The third-order valence-corrected chi connectivity index (χ3v) is 5.92. The van der Waals surface area contributed by atoms with Crippen molar-refractivity contribution in [1.82, 2.24) is 5.32 Å². The molecule has 1 fully saturated rings. The molecular weight excluding hydrogens is 372 g/mol. The Morgan fingerprint density at radius 3 is 2.54 bits per heavy atom. The molecule has 0 spiro atoms. The van der Waals surface area contributed by atoms with E-state index in [-0.39, 0.29) is 18.3 Å². The molecule has 3 rings (SSSR count). The summed E-state index contributed by atoms with van der Waals surface area (Å²) in [4.78, 5) is 14.9. The van der Waals surface area contributed by atoms with Crippen LogP contribution in [-0.4, -0.2) is 32.8 Å².